The number of amides is 2. The molecule has 32 heavy (non-hydrogen) atoms. The molecule has 5 rings (SSSR count). The van der Waals surface area contributed by atoms with Gasteiger partial charge in [-0.05, 0) is 37.5 Å². The summed E-state index contributed by atoms with van der Waals surface area (Å²) < 4.78 is 60.0. The number of halogens is 4. The number of nitrogens with one attached hydrogen (secondary N) is 1. The molecule has 0 bridgehead atoms. The summed E-state index contributed by atoms with van der Waals surface area (Å²) in [5.74, 6) is -1.92. The Hall–Kier alpha value is -2.59. The minimum atomic E-state index is -4.31. The normalized spacial score (nSPS) is 30.8. The summed E-state index contributed by atoms with van der Waals surface area (Å²) >= 11 is 0. The van der Waals surface area contributed by atoms with Crippen molar-refractivity contribution in [3.8, 4) is 0 Å². The number of nitrogens with zero attached hydrogens (tertiary/aromatic N) is 2. The Bertz CT molecular complexity index is 1140. The van der Waals surface area contributed by atoms with Crippen molar-refractivity contribution >= 4 is 22.7 Å². The van der Waals surface area contributed by atoms with E-state index in [4.69, 9.17) is 4.74 Å². The molecule has 3 aliphatic heterocycles. The molecule has 3 saturated heterocycles. The van der Waals surface area contributed by atoms with Crippen LogP contribution in [0, 0.1) is 5.82 Å². The van der Waals surface area contributed by atoms with Crippen molar-refractivity contribution in [1.82, 2.24) is 15.2 Å². The second kappa shape index (κ2) is 6.95. The van der Waals surface area contributed by atoms with Gasteiger partial charge in [0, 0.05) is 36.7 Å². The standard InChI is InChI=1S/C22H21F4N3O3/c1-20-10-29(11-22(24,25)26)7-6-21(20,32-20)15-3-4-16-14(18(15)23)8-12(9-27-16)13-2-5-17(30)28-19(13)31/h3-4,8-9,13H,2,5-7,10-11H2,1H3,(H,28,30,31). The molecule has 2 aromatic rings. The van der Waals surface area contributed by atoms with Crippen LogP contribution in [0.5, 0.6) is 0 Å². The number of hydrogen-bond donors (Lipinski definition) is 1. The van der Waals surface area contributed by atoms with E-state index in [0.717, 1.165) is 0 Å². The molecule has 1 N–H and O–H groups in total. The zero-order valence-electron chi connectivity index (χ0n) is 17.3. The van der Waals surface area contributed by atoms with E-state index in [0.29, 0.717) is 23.1 Å². The molecule has 6 nitrogen and oxygen atoms in total. The predicted octanol–water partition coefficient (Wildman–Crippen LogP) is 3.15. The number of imide groups is 1. The molecule has 3 aliphatic rings. The Kier molecular flexibility index (Phi) is 4.62. The average molecular weight is 451 g/mol. The van der Waals surface area contributed by atoms with Crippen molar-refractivity contribution in [3.05, 3.63) is 41.3 Å². The Labute approximate surface area is 180 Å². The molecule has 0 aliphatic carbocycles. The van der Waals surface area contributed by atoms with E-state index in [1.54, 1.807) is 25.1 Å². The van der Waals surface area contributed by atoms with Crippen LogP contribution in [0.2, 0.25) is 0 Å². The van der Waals surface area contributed by atoms with Gasteiger partial charge in [0.25, 0.3) is 0 Å². The highest BCUT2D eigenvalue weighted by molar-refractivity contribution is 6.01. The summed E-state index contributed by atoms with van der Waals surface area (Å²) in [6.45, 7) is 0.873. The zero-order chi connectivity index (χ0) is 22.9. The number of rotatable bonds is 3. The van der Waals surface area contributed by atoms with Gasteiger partial charge in [-0.2, -0.15) is 13.2 Å². The second-order valence-electron chi connectivity index (χ2n) is 9.00. The minimum Gasteiger partial charge on any atom is -0.356 e. The van der Waals surface area contributed by atoms with Crippen molar-refractivity contribution in [2.24, 2.45) is 0 Å². The maximum absolute atomic E-state index is 15.7. The predicted molar refractivity (Wildman–Crippen MR) is 105 cm³/mol. The Morgan fingerprint density at radius 3 is 2.78 bits per heavy atom. The Balaban J connectivity index is 1.47. The molecule has 3 fully saturated rings. The van der Waals surface area contributed by atoms with Crippen LogP contribution in [0.1, 0.15) is 43.2 Å². The van der Waals surface area contributed by atoms with Gasteiger partial charge in [0.1, 0.15) is 17.0 Å². The number of hydrogen-bond acceptors (Lipinski definition) is 5. The van der Waals surface area contributed by atoms with Gasteiger partial charge in [0.15, 0.2) is 0 Å². The highest BCUT2D eigenvalue weighted by Gasteiger charge is 2.70. The van der Waals surface area contributed by atoms with Gasteiger partial charge >= 0.3 is 6.18 Å². The fraction of sp³-hybridized carbons (Fsp3) is 0.500. The van der Waals surface area contributed by atoms with Crippen molar-refractivity contribution in [1.29, 1.82) is 0 Å². The number of aromatic nitrogens is 1. The van der Waals surface area contributed by atoms with E-state index in [2.05, 4.69) is 10.3 Å². The molecule has 1 aromatic heterocycles. The lowest BCUT2D eigenvalue weighted by Crippen LogP contribution is -2.47. The van der Waals surface area contributed by atoms with Crippen LogP contribution in [0.3, 0.4) is 0 Å². The van der Waals surface area contributed by atoms with Crippen molar-refractivity contribution in [3.63, 3.8) is 0 Å². The second-order valence-corrected chi connectivity index (χ2v) is 9.00. The summed E-state index contributed by atoms with van der Waals surface area (Å²) in [7, 11) is 0. The summed E-state index contributed by atoms with van der Waals surface area (Å²) in [4.78, 5) is 29.2. The van der Waals surface area contributed by atoms with Crippen LogP contribution >= 0.6 is 0 Å². The first kappa shape index (κ1) is 21.3. The van der Waals surface area contributed by atoms with E-state index in [-0.39, 0.29) is 37.2 Å². The number of likely N-dealkylation sites (tertiary alicyclic amines) is 1. The molecule has 4 heterocycles. The first-order chi connectivity index (χ1) is 15.0. The minimum absolute atomic E-state index is 0.0541. The summed E-state index contributed by atoms with van der Waals surface area (Å²) in [6.07, 6.45) is -2.05. The van der Waals surface area contributed by atoms with Crippen LogP contribution in [0.15, 0.2) is 24.4 Å². The van der Waals surface area contributed by atoms with Crippen LogP contribution in [0.4, 0.5) is 17.6 Å². The van der Waals surface area contributed by atoms with Gasteiger partial charge < -0.3 is 4.74 Å². The van der Waals surface area contributed by atoms with Crippen molar-refractivity contribution in [2.75, 3.05) is 19.6 Å². The Morgan fingerprint density at radius 1 is 1.31 bits per heavy atom. The van der Waals surface area contributed by atoms with Crippen LogP contribution in [-0.2, 0) is 19.9 Å². The van der Waals surface area contributed by atoms with Crippen molar-refractivity contribution in [2.45, 2.75) is 49.5 Å². The largest absolute Gasteiger partial charge is 0.401 e. The lowest BCUT2D eigenvalue weighted by molar-refractivity contribution is -0.148. The highest BCUT2D eigenvalue weighted by atomic mass is 19.4. The number of ether oxygens (including phenoxy) is 1. The number of alkyl halides is 3. The summed E-state index contributed by atoms with van der Waals surface area (Å²) in [6, 6.07) is 4.80. The van der Waals surface area contributed by atoms with Crippen molar-refractivity contribution < 1.29 is 31.9 Å². The molecule has 170 valence electrons. The summed E-state index contributed by atoms with van der Waals surface area (Å²) in [5, 5.41) is 2.50. The maximum atomic E-state index is 15.7. The van der Waals surface area contributed by atoms with Crippen LogP contribution in [-0.4, -0.2) is 53.1 Å². The number of epoxide rings is 1. The first-order valence-corrected chi connectivity index (χ1v) is 10.4. The zero-order valence-corrected chi connectivity index (χ0v) is 17.3. The maximum Gasteiger partial charge on any atom is 0.401 e. The molecular formula is C22H21F4N3O3. The first-order valence-electron chi connectivity index (χ1n) is 10.4. The topological polar surface area (TPSA) is 74.8 Å². The van der Waals surface area contributed by atoms with E-state index in [1.165, 1.54) is 11.1 Å². The monoisotopic (exact) mass is 451 g/mol. The van der Waals surface area contributed by atoms with E-state index in [1.807, 2.05) is 0 Å². The number of benzene rings is 1. The third-order valence-corrected chi connectivity index (χ3v) is 6.82. The molecular weight excluding hydrogens is 430 g/mol. The third-order valence-electron chi connectivity index (χ3n) is 6.82. The molecule has 10 heteroatoms. The molecule has 2 amide bonds. The number of pyridine rings is 1. The molecule has 1 aromatic carbocycles. The van der Waals surface area contributed by atoms with Gasteiger partial charge in [0.2, 0.25) is 11.8 Å². The lowest BCUT2D eigenvalue weighted by Gasteiger charge is -2.33. The smallest absolute Gasteiger partial charge is 0.356 e. The summed E-state index contributed by atoms with van der Waals surface area (Å²) in [5.41, 5.74) is -0.704. The molecule has 0 saturated carbocycles. The van der Waals surface area contributed by atoms with E-state index < -0.39 is 41.6 Å². The molecule has 3 atom stereocenters. The quantitative estimate of drug-likeness (QED) is 0.441. The molecule has 0 radical (unpaired) electrons. The Morgan fingerprint density at radius 2 is 2.09 bits per heavy atom. The van der Waals surface area contributed by atoms with E-state index in [9.17, 15) is 22.8 Å². The van der Waals surface area contributed by atoms with Gasteiger partial charge in [-0.1, -0.05) is 6.07 Å². The number of carbonyl (C=O) groups excluding carboxylic acids is 2. The highest BCUT2D eigenvalue weighted by Crippen LogP contribution is 2.61. The lowest BCUT2D eigenvalue weighted by atomic mass is 9.80. The molecule has 0 spiro atoms. The fourth-order valence-corrected chi connectivity index (χ4v) is 5.21. The van der Waals surface area contributed by atoms with Gasteiger partial charge in [-0.25, -0.2) is 4.39 Å². The number of fused-ring (bicyclic) bond motifs is 2. The molecule has 3 unspecified atom stereocenters. The van der Waals surface area contributed by atoms with Gasteiger partial charge in [-0.15, -0.1) is 0 Å². The average Bonchev–Trinajstić information content (AvgIpc) is 3.32. The number of piperidine rings is 2. The van der Waals surface area contributed by atoms with Gasteiger partial charge in [0.05, 0.1) is 18.0 Å². The fourth-order valence-electron chi connectivity index (χ4n) is 5.21. The third kappa shape index (κ3) is 3.36. The number of carbonyl (C=O) groups is 2. The van der Waals surface area contributed by atoms with E-state index >= 15 is 4.39 Å². The SMILES string of the molecule is CC12CN(CC(F)(F)F)CCC1(c1ccc3ncc(C4CCC(=O)NC4=O)cc3c1F)O2. The van der Waals surface area contributed by atoms with Gasteiger partial charge in [-0.3, -0.25) is 24.8 Å². The van der Waals surface area contributed by atoms with Crippen LogP contribution < -0.4 is 5.32 Å². The van der Waals surface area contributed by atoms with Crippen LogP contribution in [0.25, 0.3) is 10.9 Å².